The molecular formula is C17H22N2O4S. The number of carbonyl (C=O) groups is 1. The summed E-state index contributed by atoms with van der Waals surface area (Å²) in [5.41, 5.74) is 1.63. The maximum absolute atomic E-state index is 12.3. The summed E-state index contributed by atoms with van der Waals surface area (Å²) < 4.78 is 28.1. The molecule has 0 aliphatic heterocycles. The molecule has 1 amide bonds. The van der Waals surface area contributed by atoms with E-state index >= 15 is 0 Å². The normalized spacial score (nSPS) is 11.7. The van der Waals surface area contributed by atoms with Gasteiger partial charge in [-0.05, 0) is 23.6 Å². The molecular weight excluding hydrogens is 328 g/mol. The molecule has 130 valence electrons. The predicted molar refractivity (Wildman–Crippen MR) is 90.3 cm³/mol. The molecule has 0 unspecified atom stereocenters. The first-order valence-electron chi connectivity index (χ1n) is 7.65. The van der Waals surface area contributed by atoms with E-state index in [1.54, 1.807) is 24.1 Å². The van der Waals surface area contributed by atoms with E-state index in [4.69, 9.17) is 4.52 Å². The summed E-state index contributed by atoms with van der Waals surface area (Å²) in [6.07, 6.45) is 1.36. The molecule has 0 saturated carbocycles. The summed E-state index contributed by atoms with van der Waals surface area (Å²) in [4.78, 5) is 14.1. The largest absolute Gasteiger partial charge is 0.359 e. The molecule has 0 aliphatic rings. The summed E-state index contributed by atoms with van der Waals surface area (Å²) in [5, 5.41) is 3.97. The second kappa shape index (κ2) is 7.17. The molecule has 0 spiro atoms. The van der Waals surface area contributed by atoms with Gasteiger partial charge in [-0.25, -0.2) is 8.42 Å². The summed E-state index contributed by atoms with van der Waals surface area (Å²) in [7, 11) is -1.53. The van der Waals surface area contributed by atoms with Crippen molar-refractivity contribution in [1.82, 2.24) is 10.1 Å². The molecule has 2 rings (SSSR count). The van der Waals surface area contributed by atoms with Gasteiger partial charge in [0, 0.05) is 19.4 Å². The lowest BCUT2D eigenvalue weighted by atomic mass is 10.1. The van der Waals surface area contributed by atoms with Gasteiger partial charge in [-0.3, -0.25) is 4.79 Å². The maximum Gasteiger partial charge on any atom is 0.227 e. The van der Waals surface area contributed by atoms with E-state index in [2.05, 4.69) is 5.16 Å². The fourth-order valence-electron chi connectivity index (χ4n) is 2.16. The molecule has 7 heteroatoms. The molecule has 6 nitrogen and oxygen atoms in total. The molecule has 1 aromatic heterocycles. The Labute approximate surface area is 142 Å². The van der Waals surface area contributed by atoms with E-state index in [0.29, 0.717) is 12.3 Å². The zero-order chi connectivity index (χ0) is 17.9. The van der Waals surface area contributed by atoms with Crippen LogP contribution in [0.1, 0.15) is 36.8 Å². The highest BCUT2D eigenvalue weighted by Crippen LogP contribution is 2.16. The van der Waals surface area contributed by atoms with Crippen molar-refractivity contribution in [3.63, 3.8) is 0 Å². The Morgan fingerprint density at radius 2 is 1.88 bits per heavy atom. The number of carbonyl (C=O) groups excluding carboxylic acids is 1. The van der Waals surface area contributed by atoms with Crippen LogP contribution in [0.25, 0.3) is 0 Å². The molecule has 0 N–H and O–H groups in total. The van der Waals surface area contributed by atoms with Crippen LogP contribution in [0, 0.1) is 0 Å². The van der Waals surface area contributed by atoms with E-state index in [0.717, 1.165) is 17.5 Å². The van der Waals surface area contributed by atoms with Crippen LogP contribution in [-0.4, -0.2) is 37.7 Å². The minimum absolute atomic E-state index is 0.0791. The van der Waals surface area contributed by atoms with E-state index < -0.39 is 9.84 Å². The van der Waals surface area contributed by atoms with Gasteiger partial charge >= 0.3 is 0 Å². The van der Waals surface area contributed by atoms with Crippen LogP contribution >= 0.6 is 0 Å². The van der Waals surface area contributed by atoms with Crippen LogP contribution in [0.2, 0.25) is 0 Å². The van der Waals surface area contributed by atoms with Crippen molar-refractivity contribution in [2.75, 3.05) is 13.3 Å². The number of benzene rings is 1. The number of amides is 1. The molecule has 0 aliphatic carbocycles. The highest BCUT2D eigenvalue weighted by Gasteiger charge is 2.15. The first kappa shape index (κ1) is 18.2. The smallest absolute Gasteiger partial charge is 0.227 e. The van der Waals surface area contributed by atoms with E-state index in [-0.39, 0.29) is 23.1 Å². The minimum atomic E-state index is -3.22. The molecule has 2 aromatic rings. The molecule has 0 saturated heterocycles. The van der Waals surface area contributed by atoms with Crippen LogP contribution in [0.4, 0.5) is 0 Å². The Kier molecular flexibility index (Phi) is 5.43. The van der Waals surface area contributed by atoms with Gasteiger partial charge in [0.1, 0.15) is 0 Å². The Morgan fingerprint density at radius 1 is 1.25 bits per heavy atom. The van der Waals surface area contributed by atoms with Gasteiger partial charge in [-0.1, -0.05) is 31.1 Å². The van der Waals surface area contributed by atoms with Crippen LogP contribution in [0.3, 0.4) is 0 Å². The Hall–Kier alpha value is -2.15. The number of aromatic nitrogens is 1. The lowest BCUT2D eigenvalue weighted by Crippen LogP contribution is -2.27. The van der Waals surface area contributed by atoms with Crippen LogP contribution < -0.4 is 0 Å². The van der Waals surface area contributed by atoms with Crippen molar-refractivity contribution in [3.8, 4) is 0 Å². The van der Waals surface area contributed by atoms with Gasteiger partial charge in [-0.2, -0.15) is 0 Å². The molecule has 1 aromatic carbocycles. The minimum Gasteiger partial charge on any atom is -0.359 e. The van der Waals surface area contributed by atoms with Crippen molar-refractivity contribution in [2.45, 2.75) is 37.6 Å². The number of likely N-dealkylation sites (N-methyl/N-ethyl adjacent to an activating group) is 1. The predicted octanol–water partition coefficient (Wildman–Crippen LogP) is 2.40. The summed E-state index contributed by atoms with van der Waals surface area (Å²) in [5.74, 6) is 0.837. The fourth-order valence-corrected chi connectivity index (χ4v) is 2.79. The fraction of sp³-hybridized carbons (Fsp3) is 0.412. The zero-order valence-electron chi connectivity index (χ0n) is 14.3. The molecule has 0 radical (unpaired) electrons. The third kappa shape index (κ3) is 4.67. The second-order valence-corrected chi connectivity index (χ2v) is 8.23. The van der Waals surface area contributed by atoms with Crippen molar-refractivity contribution in [2.24, 2.45) is 0 Å². The summed E-state index contributed by atoms with van der Waals surface area (Å²) in [6, 6.07) is 8.21. The monoisotopic (exact) mass is 350 g/mol. The van der Waals surface area contributed by atoms with Crippen LogP contribution in [0.15, 0.2) is 39.8 Å². The molecule has 0 fully saturated rings. The lowest BCUT2D eigenvalue weighted by molar-refractivity contribution is -0.129. The average molecular weight is 350 g/mol. The van der Waals surface area contributed by atoms with E-state index in [9.17, 15) is 13.2 Å². The van der Waals surface area contributed by atoms with Crippen molar-refractivity contribution in [1.29, 1.82) is 0 Å². The number of nitrogens with zero attached hydrogens (tertiary/aromatic N) is 2. The van der Waals surface area contributed by atoms with Crippen LogP contribution in [-0.2, 0) is 27.6 Å². The number of hydrogen-bond donors (Lipinski definition) is 0. The molecule has 24 heavy (non-hydrogen) atoms. The van der Waals surface area contributed by atoms with Crippen LogP contribution in [0.5, 0.6) is 0 Å². The zero-order valence-corrected chi connectivity index (χ0v) is 15.1. The number of sulfone groups is 1. The van der Waals surface area contributed by atoms with Crippen molar-refractivity contribution >= 4 is 15.7 Å². The molecule has 0 bridgehead atoms. The topological polar surface area (TPSA) is 80.5 Å². The first-order valence-corrected chi connectivity index (χ1v) is 9.54. The van der Waals surface area contributed by atoms with Gasteiger partial charge in [0.05, 0.1) is 23.6 Å². The van der Waals surface area contributed by atoms with Crippen molar-refractivity contribution in [3.05, 3.63) is 47.3 Å². The van der Waals surface area contributed by atoms with Gasteiger partial charge in [0.25, 0.3) is 0 Å². The molecule has 0 atom stereocenters. The third-order valence-corrected chi connectivity index (χ3v) is 4.82. The summed E-state index contributed by atoms with van der Waals surface area (Å²) in [6.45, 7) is 4.40. The van der Waals surface area contributed by atoms with Gasteiger partial charge < -0.3 is 9.42 Å². The Balaban J connectivity index is 1.98. The lowest BCUT2D eigenvalue weighted by Gasteiger charge is -2.15. The standard InChI is InChI=1S/C17H22N2O4S/c1-12(2)16-10-14(23-18-16)11-19(3)17(20)9-13-5-7-15(8-6-13)24(4,21)22/h5-8,10,12H,9,11H2,1-4H3. The highest BCUT2D eigenvalue weighted by molar-refractivity contribution is 7.90. The Bertz CT molecular complexity index is 807. The number of rotatable bonds is 6. The Morgan fingerprint density at radius 3 is 2.38 bits per heavy atom. The van der Waals surface area contributed by atoms with E-state index in [1.807, 2.05) is 19.9 Å². The van der Waals surface area contributed by atoms with Crippen molar-refractivity contribution < 1.29 is 17.7 Å². The number of hydrogen-bond acceptors (Lipinski definition) is 5. The van der Waals surface area contributed by atoms with Gasteiger partial charge in [0.2, 0.25) is 5.91 Å². The molecule has 1 heterocycles. The van der Waals surface area contributed by atoms with Gasteiger partial charge in [-0.15, -0.1) is 0 Å². The first-order chi connectivity index (χ1) is 11.2. The highest BCUT2D eigenvalue weighted by atomic mass is 32.2. The maximum atomic E-state index is 12.3. The quantitative estimate of drug-likeness (QED) is 0.799. The summed E-state index contributed by atoms with van der Waals surface area (Å²) >= 11 is 0. The second-order valence-electron chi connectivity index (χ2n) is 6.22. The third-order valence-electron chi connectivity index (χ3n) is 3.69. The van der Waals surface area contributed by atoms with Gasteiger partial charge in [0.15, 0.2) is 15.6 Å². The van der Waals surface area contributed by atoms with E-state index in [1.165, 1.54) is 12.1 Å². The average Bonchev–Trinajstić information content (AvgIpc) is 2.95. The SMILES string of the molecule is CC(C)c1cc(CN(C)C(=O)Cc2ccc(S(C)(=O)=O)cc2)on1.